The fraction of sp³-hybridized carbons (Fsp3) is 0.750. The lowest BCUT2D eigenvalue weighted by Gasteiger charge is -2.18. The molecular weight excluding hydrogens is 314 g/mol. The van der Waals surface area contributed by atoms with Crippen molar-refractivity contribution in [1.29, 1.82) is 0 Å². The second-order valence-electron chi connectivity index (χ2n) is 5.10. The summed E-state index contributed by atoms with van der Waals surface area (Å²) in [6.45, 7) is 8.33. The smallest absolute Gasteiger partial charge is 0.265 e. The summed E-state index contributed by atoms with van der Waals surface area (Å²) in [7, 11) is 0. The molecule has 0 saturated carbocycles. The van der Waals surface area contributed by atoms with E-state index in [9.17, 15) is 4.79 Å². The quantitative estimate of drug-likeness (QED) is 0.813. The zero-order valence-electron chi connectivity index (χ0n) is 11.2. The van der Waals surface area contributed by atoms with Crippen molar-refractivity contribution >= 4 is 33.4 Å². The summed E-state index contributed by atoms with van der Waals surface area (Å²) in [4.78, 5) is 12.8. The average Bonchev–Trinajstić information content (AvgIpc) is 2.76. The van der Waals surface area contributed by atoms with Crippen LogP contribution in [0.25, 0.3) is 0 Å². The molecule has 1 rings (SSSR count). The van der Waals surface area contributed by atoms with Gasteiger partial charge in [0.15, 0.2) is 0 Å². The minimum Gasteiger partial charge on any atom is -0.348 e. The second kappa shape index (κ2) is 7.19. The first-order valence-corrected chi connectivity index (χ1v) is 8.04. The Bertz CT molecular complexity index is 392. The number of hydrogen-bond donors (Lipinski definition) is 1. The van der Waals surface area contributed by atoms with Crippen LogP contribution in [0.4, 0.5) is 0 Å². The van der Waals surface area contributed by atoms with Crippen LogP contribution in [0.1, 0.15) is 55.4 Å². The molecule has 0 fully saturated rings. The van der Waals surface area contributed by atoms with Crippen LogP contribution in [0.2, 0.25) is 0 Å². The SMILES string of the molecule is CC(C)CC(CBr)NC(=O)c1snnc1C(C)C. The zero-order chi connectivity index (χ0) is 13.7. The highest BCUT2D eigenvalue weighted by atomic mass is 79.9. The Labute approximate surface area is 121 Å². The number of rotatable bonds is 6. The molecule has 0 bridgehead atoms. The van der Waals surface area contributed by atoms with Crippen molar-refractivity contribution in [2.75, 3.05) is 5.33 Å². The van der Waals surface area contributed by atoms with Crippen LogP contribution in [-0.2, 0) is 0 Å². The molecular formula is C12H20BrN3OS. The molecule has 1 N–H and O–H groups in total. The van der Waals surface area contributed by atoms with E-state index in [1.54, 1.807) is 0 Å². The Morgan fingerprint density at radius 2 is 2.06 bits per heavy atom. The fourth-order valence-electron chi connectivity index (χ4n) is 1.71. The highest BCUT2D eigenvalue weighted by Crippen LogP contribution is 2.20. The van der Waals surface area contributed by atoms with E-state index in [4.69, 9.17) is 0 Å². The predicted molar refractivity (Wildman–Crippen MR) is 78.5 cm³/mol. The van der Waals surface area contributed by atoms with Gasteiger partial charge in [-0.3, -0.25) is 4.79 Å². The first-order chi connectivity index (χ1) is 8.45. The summed E-state index contributed by atoms with van der Waals surface area (Å²) in [6.07, 6.45) is 0.959. The van der Waals surface area contributed by atoms with E-state index in [1.165, 1.54) is 11.5 Å². The van der Waals surface area contributed by atoms with Crippen molar-refractivity contribution in [2.45, 2.75) is 46.1 Å². The van der Waals surface area contributed by atoms with Crippen LogP contribution in [0.5, 0.6) is 0 Å². The third kappa shape index (κ3) is 4.31. The number of nitrogens with one attached hydrogen (secondary N) is 1. The van der Waals surface area contributed by atoms with Gasteiger partial charge < -0.3 is 5.32 Å². The van der Waals surface area contributed by atoms with Crippen LogP contribution in [0, 0.1) is 5.92 Å². The topological polar surface area (TPSA) is 54.9 Å². The monoisotopic (exact) mass is 333 g/mol. The summed E-state index contributed by atoms with van der Waals surface area (Å²) in [6, 6.07) is 0.152. The molecule has 6 heteroatoms. The summed E-state index contributed by atoms with van der Waals surface area (Å²) in [5.74, 6) is 0.716. The Balaban J connectivity index is 2.72. The minimum absolute atomic E-state index is 0.0567. The van der Waals surface area contributed by atoms with Gasteiger partial charge in [-0.05, 0) is 29.8 Å². The molecule has 0 aliphatic carbocycles. The molecule has 1 amide bonds. The van der Waals surface area contributed by atoms with Gasteiger partial charge in [-0.2, -0.15) is 0 Å². The number of carbonyl (C=O) groups excluding carboxylic acids is 1. The Morgan fingerprint density at radius 1 is 1.39 bits per heavy atom. The summed E-state index contributed by atoms with van der Waals surface area (Å²) in [5, 5.41) is 7.83. The second-order valence-corrected chi connectivity index (χ2v) is 6.50. The highest BCUT2D eigenvalue weighted by Gasteiger charge is 2.21. The number of halogens is 1. The maximum absolute atomic E-state index is 12.2. The van der Waals surface area contributed by atoms with Gasteiger partial charge in [-0.15, -0.1) is 5.10 Å². The van der Waals surface area contributed by atoms with E-state index >= 15 is 0 Å². The third-order valence-corrected chi connectivity index (χ3v) is 4.07. The lowest BCUT2D eigenvalue weighted by atomic mass is 10.0. The van der Waals surface area contributed by atoms with Crippen molar-refractivity contribution in [1.82, 2.24) is 14.9 Å². The van der Waals surface area contributed by atoms with Crippen LogP contribution in [0.15, 0.2) is 0 Å². The van der Waals surface area contributed by atoms with Crippen LogP contribution in [-0.4, -0.2) is 26.9 Å². The van der Waals surface area contributed by atoms with Gasteiger partial charge in [0, 0.05) is 11.4 Å². The molecule has 102 valence electrons. The van der Waals surface area contributed by atoms with E-state index in [1.807, 2.05) is 13.8 Å². The Kier molecular flexibility index (Phi) is 6.21. The van der Waals surface area contributed by atoms with Gasteiger partial charge in [-0.25, -0.2) is 0 Å². The number of amides is 1. The summed E-state index contributed by atoms with van der Waals surface area (Å²) < 4.78 is 3.88. The Hall–Kier alpha value is -0.490. The van der Waals surface area contributed by atoms with Gasteiger partial charge in [-0.1, -0.05) is 48.1 Å². The van der Waals surface area contributed by atoms with Gasteiger partial charge in [0.1, 0.15) is 4.88 Å². The number of aromatic nitrogens is 2. The Morgan fingerprint density at radius 3 is 2.56 bits per heavy atom. The molecule has 1 heterocycles. The van der Waals surface area contributed by atoms with E-state index in [-0.39, 0.29) is 17.9 Å². The molecule has 0 aromatic carbocycles. The van der Waals surface area contributed by atoms with E-state index in [0.717, 1.165) is 17.4 Å². The maximum atomic E-state index is 12.2. The summed E-state index contributed by atoms with van der Waals surface area (Å²) in [5.41, 5.74) is 0.787. The van der Waals surface area contributed by atoms with Crippen LogP contribution in [0.3, 0.4) is 0 Å². The van der Waals surface area contributed by atoms with Gasteiger partial charge in [0.25, 0.3) is 5.91 Å². The zero-order valence-corrected chi connectivity index (χ0v) is 13.6. The number of hydrogen-bond acceptors (Lipinski definition) is 4. The van der Waals surface area contributed by atoms with Crippen molar-refractivity contribution in [2.24, 2.45) is 5.92 Å². The van der Waals surface area contributed by atoms with Crippen molar-refractivity contribution in [3.05, 3.63) is 10.6 Å². The molecule has 1 unspecified atom stereocenters. The lowest BCUT2D eigenvalue weighted by molar-refractivity contribution is 0.0940. The van der Waals surface area contributed by atoms with E-state index in [0.29, 0.717) is 10.8 Å². The fourth-order valence-corrected chi connectivity index (χ4v) is 2.86. The normalized spacial score (nSPS) is 13.1. The average molecular weight is 334 g/mol. The molecule has 18 heavy (non-hydrogen) atoms. The molecule has 0 aliphatic heterocycles. The largest absolute Gasteiger partial charge is 0.348 e. The van der Waals surface area contributed by atoms with Gasteiger partial charge >= 0.3 is 0 Å². The minimum atomic E-state index is -0.0567. The van der Waals surface area contributed by atoms with Crippen LogP contribution < -0.4 is 5.32 Å². The van der Waals surface area contributed by atoms with Crippen LogP contribution >= 0.6 is 27.5 Å². The molecule has 0 spiro atoms. The number of carbonyl (C=O) groups is 1. The van der Waals surface area contributed by atoms with Crippen molar-refractivity contribution in [3.63, 3.8) is 0 Å². The van der Waals surface area contributed by atoms with Gasteiger partial charge in [0.2, 0.25) is 0 Å². The van der Waals surface area contributed by atoms with E-state index < -0.39 is 0 Å². The first-order valence-electron chi connectivity index (χ1n) is 6.14. The number of alkyl halides is 1. The lowest BCUT2D eigenvalue weighted by Crippen LogP contribution is -2.37. The predicted octanol–water partition coefficient (Wildman–Crippen LogP) is 3.20. The molecule has 0 saturated heterocycles. The third-order valence-electron chi connectivity index (χ3n) is 2.54. The molecule has 0 radical (unpaired) electrons. The molecule has 4 nitrogen and oxygen atoms in total. The molecule has 1 aromatic heterocycles. The van der Waals surface area contributed by atoms with E-state index in [2.05, 4.69) is 44.7 Å². The number of nitrogens with zero attached hydrogens (tertiary/aromatic N) is 2. The van der Waals surface area contributed by atoms with Crippen molar-refractivity contribution in [3.8, 4) is 0 Å². The standard InChI is InChI=1S/C12H20BrN3OS/c1-7(2)5-9(6-13)14-12(17)11-10(8(3)4)15-16-18-11/h7-9H,5-6H2,1-4H3,(H,14,17). The summed E-state index contributed by atoms with van der Waals surface area (Å²) >= 11 is 4.61. The maximum Gasteiger partial charge on any atom is 0.265 e. The molecule has 0 aliphatic rings. The highest BCUT2D eigenvalue weighted by molar-refractivity contribution is 9.09. The first kappa shape index (κ1) is 15.6. The molecule has 1 atom stereocenters. The van der Waals surface area contributed by atoms with Gasteiger partial charge in [0.05, 0.1) is 5.69 Å². The van der Waals surface area contributed by atoms with Crippen molar-refractivity contribution < 1.29 is 4.79 Å². The molecule has 1 aromatic rings.